The fraction of sp³-hybridized carbons (Fsp3) is 0.650. The number of hydrogen-bond acceptors (Lipinski definition) is 4. The summed E-state index contributed by atoms with van der Waals surface area (Å²) in [7, 11) is 1.48. The fourth-order valence-electron chi connectivity index (χ4n) is 2.14. The van der Waals surface area contributed by atoms with Gasteiger partial charge in [0.2, 0.25) is 0 Å². The summed E-state index contributed by atoms with van der Waals surface area (Å²) in [5.41, 5.74) is 0.800. The number of rotatable bonds is 9. The Morgan fingerprint density at radius 3 is 2.38 bits per heavy atom. The van der Waals surface area contributed by atoms with Crippen molar-refractivity contribution >= 4 is 5.97 Å². The van der Waals surface area contributed by atoms with E-state index in [4.69, 9.17) is 9.47 Å². The van der Waals surface area contributed by atoms with Crippen molar-refractivity contribution in [3.63, 3.8) is 0 Å². The van der Waals surface area contributed by atoms with Crippen molar-refractivity contribution in [1.82, 2.24) is 0 Å². The third-order valence-electron chi connectivity index (χ3n) is 3.49. The molecule has 1 rings (SSSR count). The monoisotopic (exact) mass is 338 g/mol. The molecule has 24 heavy (non-hydrogen) atoms. The van der Waals surface area contributed by atoms with E-state index in [9.17, 15) is 9.90 Å². The lowest BCUT2D eigenvalue weighted by atomic mass is 10.1. The lowest BCUT2D eigenvalue weighted by molar-refractivity contribution is -0.145. The van der Waals surface area contributed by atoms with Gasteiger partial charge >= 0.3 is 5.97 Å². The van der Waals surface area contributed by atoms with E-state index in [2.05, 4.69) is 27.7 Å². The number of methoxy groups -OCH3 is 1. The van der Waals surface area contributed by atoms with Crippen LogP contribution in [0.4, 0.5) is 0 Å². The summed E-state index contributed by atoms with van der Waals surface area (Å²) < 4.78 is 10.1. The Kier molecular flexibility index (Phi) is 12.7. The summed E-state index contributed by atoms with van der Waals surface area (Å²) in [6.45, 7) is 9.03. The second-order valence-corrected chi connectivity index (χ2v) is 6.31. The zero-order valence-electron chi connectivity index (χ0n) is 15.9. The molecule has 4 nitrogen and oxygen atoms in total. The maximum atomic E-state index is 11.4. The number of unbranched alkanes of at least 4 members (excludes halogenated alkanes) is 2. The molecule has 0 radical (unpaired) electrons. The molecule has 138 valence electrons. The topological polar surface area (TPSA) is 55.8 Å². The molecule has 0 atom stereocenters. The molecule has 1 aromatic carbocycles. The number of esters is 1. The Morgan fingerprint density at radius 2 is 1.88 bits per heavy atom. The highest BCUT2D eigenvalue weighted by atomic mass is 16.5. The van der Waals surface area contributed by atoms with Gasteiger partial charge in [0.05, 0.1) is 7.11 Å². The number of aromatic hydroxyl groups is 1. The van der Waals surface area contributed by atoms with Gasteiger partial charge in [-0.05, 0) is 30.0 Å². The van der Waals surface area contributed by atoms with Crippen LogP contribution in [0.1, 0.15) is 71.8 Å². The van der Waals surface area contributed by atoms with Crippen LogP contribution in [0, 0.1) is 5.92 Å². The molecule has 0 heterocycles. The molecular formula is C20H34O4. The number of carbonyl (C=O) groups excluding carboxylic acids is 1. The first-order valence-corrected chi connectivity index (χ1v) is 8.96. The standard InChI is InChI=1S/C14H20O4.C6H14/c1-3-4-5-6-14(16)18-10-11-7-8-12(15)13(9-11)17-2;1-4-5-6(2)3/h7-9,15H,3-6,10H2,1-2H3;6H,4-5H2,1-3H3. The van der Waals surface area contributed by atoms with Crippen molar-refractivity contribution in [3.8, 4) is 11.5 Å². The molecule has 0 saturated heterocycles. The predicted molar refractivity (Wildman–Crippen MR) is 98.3 cm³/mol. The fourth-order valence-corrected chi connectivity index (χ4v) is 2.14. The van der Waals surface area contributed by atoms with Crippen molar-refractivity contribution in [2.75, 3.05) is 7.11 Å². The summed E-state index contributed by atoms with van der Waals surface area (Å²) in [6, 6.07) is 4.89. The summed E-state index contributed by atoms with van der Waals surface area (Å²) in [6.07, 6.45) is 6.17. The Morgan fingerprint density at radius 1 is 1.17 bits per heavy atom. The van der Waals surface area contributed by atoms with E-state index in [0.29, 0.717) is 12.2 Å². The van der Waals surface area contributed by atoms with Gasteiger partial charge in [0.15, 0.2) is 11.5 Å². The number of phenols is 1. The maximum Gasteiger partial charge on any atom is 0.306 e. The minimum Gasteiger partial charge on any atom is -0.504 e. The molecule has 0 amide bonds. The summed E-state index contributed by atoms with van der Waals surface area (Å²) >= 11 is 0. The van der Waals surface area contributed by atoms with Gasteiger partial charge < -0.3 is 14.6 Å². The van der Waals surface area contributed by atoms with Gasteiger partial charge in [0, 0.05) is 6.42 Å². The average molecular weight is 338 g/mol. The van der Waals surface area contributed by atoms with Crippen LogP contribution in [0.15, 0.2) is 18.2 Å². The highest BCUT2D eigenvalue weighted by Gasteiger charge is 2.06. The van der Waals surface area contributed by atoms with Crippen LogP contribution in [-0.2, 0) is 16.1 Å². The number of hydrogen-bond donors (Lipinski definition) is 1. The minimum atomic E-state index is -0.185. The Balaban J connectivity index is 0.000000754. The number of ether oxygens (including phenoxy) is 2. The zero-order chi connectivity index (χ0) is 18.4. The van der Waals surface area contributed by atoms with Crippen LogP contribution in [0.3, 0.4) is 0 Å². The largest absolute Gasteiger partial charge is 0.504 e. The van der Waals surface area contributed by atoms with Crippen LogP contribution >= 0.6 is 0 Å². The molecule has 0 aromatic heterocycles. The van der Waals surface area contributed by atoms with E-state index in [-0.39, 0.29) is 18.3 Å². The summed E-state index contributed by atoms with van der Waals surface area (Å²) in [5.74, 6) is 1.18. The van der Waals surface area contributed by atoms with E-state index in [0.717, 1.165) is 30.7 Å². The average Bonchev–Trinajstić information content (AvgIpc) is 2.55. The summed E-state index contributed by atoms with van der Waals surface area (Å²) in [5, 5.41) is 9.42. The molecule has 0 aliphatic carbocycles. The van der Waals surface area contributed by atoms with Gasteiger partial charge in [0.25, 0.3) is 0 Å². The van der Waals surface area contributed by atoms with E-state index < -0.39 is 0 Å². The quantitative estimate of drug-likeness (QED) is 0.479. The third kappa shape index (κ3) is 10.9. The van der Waals surface area contributed by atoms with Gasteiger partial charge in [0.1, 0.15) is 6.61 Å². The molecule has 0 aliphatic rings. The number of benzene rings is 1. The smallest absolute Gasteiger partial charge is 0.306 e. The van der Waals surface area contributed by atoms with Crippen LogP contribution in [-0.4, -0.2) is 18.2 Å². The molecule has 1 N–H and O–H groups in total. The van der Waals surface area contributed by atoms with Crippen LogP contribution < -0.4 is 4.74 Å². The first kappa shape index (κ1) is 22.3. The molecule has 1 aromatic rings. The second kappa shape index (κ2) is 13.7. The normalized spacial score (nSPS) is 10.1. The molecule has 0 fully saturated rings. The van der Waals surface area contributed by atoms with Gasteiger partial charge in [-0.25, -0.2) is 0 Å². The predicted octanol–water partition coefficient (Wildman–Crippen LogP) is 5.47. The van der Waals surface area contributed by atoms with E-state index >= 15 is 0 Å². The lowest BCUT2D eigenvalue weighted by Gasteiger charge is -2.07. The number of carbonyl (C=O) groups is 1. The first-order chi connectivity index (χ1) is 11.4. The molecule has 0 unspecified atom stereocenters. The van der Waals surface area contributed by atoms with Crippen molar-refractivity contribution in [1.29, 1.82) is 0 Å². The van der Waals surface area contributed by atoms with Crippen molar-refractivity contribution < 1.29 is 19.4 Å². The molecule has 0 aliphatic heterocycles. The Labute approximate surface area is 147 Å². The lowest BCUT2D eigenvalue weighted by Crippen LogP contribution is -2.04. The Hall–Kier alpha value is -1.71. The molecule has 4 heteroatoms. The SMILES string of the molecule is CCCC(C)C.CCCCCC(=O)OCc1ccc(O)c(OC)c1. The molecule has 0 bridgehead atoms. The van der Waals surface area contributed by atoms with Crippen LogP contribution in [0.2, 0.25) is 0 Å². The molecular weight excluding hydrogens is 304 g/mol. The second-order valence-electron chi connectivity index (χ2n) is 6.31. The third-order valence-corrected chi connectivity index (χ3v) is 3.49. The number of phenolic OH excluding ortho intramolecular Hbond substituents is 1. The van der Waals surface area contributed by atoms with E-state index in [1.54, 1.807) is 12.1 Å². The van der Waals surface area contributed by atoms with Crippen molar-refractivity contribution in [2.24, 2.45) is 5.92 Å². The minimum absolute atomic E-state index is 0.0792. The van der Waals surface area contributed by atoms with Gasteiger partial charge in [-0.2, -0.15) is 0 Å². The van der Waals surface area contributed by atoms with Gasteiger partial charge in [-0.1, -0.05) is 59.4 Å². The van der Waals surface area contributed by atoms with Gasteiger partial charge in [-0.15, -0.1) is 0 Å². The first-order valence-electron chi connectivity index (χ1n) is 8.96. The highest BCUT2D eigenvalue weighted by molar-refractivity contribution is 5.69. The van der Waals surface area contributed by atoms with E-state index in [1.807, 2.05) is 0 Å². The van der Waals surface area contributed by atoms with Crippen molar-refractivity contribution in [3.05, 3.63) is 23.8 Å². The maximum absolute atomic E-state index is 11.4. The summed E-state index contributed by atoms with van der Waals surface area (Å²) in [4.78, 5) is 11.4. The van der Waals surface area contributed by atoms with Gasteiger partial charge in [-0.3, -0.25) is 4.79 Å². The van der Waals surface area contributed by atoms with Crippen LogP contribution in [0.25, 0.3) is 0 Å². The van der Waals surface area contributed by atoms with E-state index in [1.165, 1.54) is 26.0 Å². The molecule has 0 saturated carbocycles. The Bertz CT molecular complexity index is 455. The van der Waals surface area contributed by atoms with Crippen LogP contribution in [0.5, 0.6) is 11.5 Å². The zero-order valence-corrected chi connectivity index (χ0v) is 15.9. The van der Waals surface area contributed by atoms with Crippen molar-refractivity contribution in [2.45, 2.75) is 72.8 Å². The highest BCUT2D eigenvalue weighted by Crippen LogP contribution is 2.26. The molecule has 0 spiro atoms.